The molecule has 1 saturated carbocycles. The van der Waals surface area contributed by atoms with E-state index >= 15 is 0 Å². The maximum atomic E-state index is 8.96. The van der Waals surface area contributed by atoms with Crippen LogP contribution in [-0.4, -0.2) is 12.6 Å². The smallest absolute Gasteiger partial charge is 0.0683 e. The van der Waals surface area contributed by atoms with Crippen molar-refractivity contribution in [2.24, 2.45) is 11.3 Å². The van der Waals surface area contributed by atoms with Crippen LogP contribution in [0, 0.1) is 22.7 Å². The monoisotopic (exact) mass is 250 g/mol. The van der Waals surface area contributed by atoms with Crippen LogP contribution in [0.15, 0.2) is 0 Å². The standard InChI is InChI=1S/C16H30N2/c1-4-14-9-5-6-10-15(14)18-12-8-7-11-16(2,3)13-17/h14-15,18H,4-12H2,1-3H3. The van der Waals surface area contributed by atoms with E-state index in [1.54, 1.807) is 0 Å². The minimum atomic E-state index is -0.142. The zero-order valence-corrected chi connectivity index (χ0v) is 12.5. The van der Waals surface area contributed by atoms with Crippen molar-refractivity contribution in [2.45, 2.75) is 78.2 Å². The molecule has 0 amide bonds. The largest absolute Gasteiger partial charge is 0.314 e. The van der Waals surface area contributed by atoms with Crippen molar-refractivity contribution in [3.05, 3.63) is 0 Å². The lowest BCUT2D eigenvalue weighted by Crippen LogP contribution is -2.38. The molecule has 2 atom stereocenters. The third-order valence-electron chi connectivity index (χ3n) is 4.37. The summed E-state index contributed by atoms with van der Waals surface area (Å²) in [6, 6.07) is 3.13. The van der Waals surface area contributed by atoms with E-state index in [0.717, 1.165) is 31.3 Å². The molecule has 1 fully saturated rings. The molecule has 2 heteroatoms. The summed E-state index contributed by atoms with van der Waals surface area (Å²) in [5.41, 5.74) is -0.142. The Morgan fingerprint density at radius 2 is 1.94 bits per heavy atom. The molecule has 0 radical (unpaired) electrons. The molecule has 1 N–H and O–H groups in total. The van der Waals surface area contributed by atoms with Gasteiger partial charge in [0.1, 0.15) is 0 Å². The van der Waals surface area contributed by atoms with Gasteiger partial charge in [0, 0.05) is 6.04 Å². The number of hydrogen-bond donors (Lipinski definition) is 1. The molecule has 1 aliphatic carbocycles. The summed E-state index contributed by atoms with van der Waals surface area (Å²) in [6.07, 6.45) is 10.3. The third kappa shape index (κ3) is 5.40. The van der Waals surface area contributed by atoms with Gasteiger partial charge in [0.05, 0.1) is 11.5 Å². The first kappa shape index (κ1) is 15.5. The summed E-state index contributed by atoms with van der Waals surface area (Å²) in [6.45, 7) is 7.52. The normalized spacial score (nSPS) is 24.8. The lowest BCUT2D eigenvalue weighted by atomic mass is 9.83. The Balaban J connectivity index is 2.12. The Hall–Kier alpha value is -0.550. The summed E-state index contributed by atoms with van der Waals surface area (Å²) in [5, 5.41) is 12.7. The van der Waals surface area contributed by atoms with Crippen molar-refractivity contribution in [2.75, 3.05) is 6.54 Å². The molecule has 104 valence electrons. The highest BCUT2D eigenvalue weighted by Crippen LogP contribution is 2.27. The molecule has 1 rings (SSSR count). The molecule has 2 nitrogen and oxygen atoms in total. The number of nitriles is 1. The Kier molecular flexibility index (Phi) is 6.71. The summed E-state index contributed by atoms with van der Waals surface area (Å²) < 4.78 is 0. The van der Waals surface area contributed by atoms with Crippen molar-refractivity contribution in [3.8, 4) is 6.07 Å². The molecule has 0 heterocycles. The maximum absolute atomic E-state index is 8.96. The number of nitrogens with one attached hydrogen (secondary N) is 1. The molecule has 0 aromatic heterocycles. The summed E-state index contributed by atoms with van der Waals surface area (Å²) in [7, 11) is 0. The second-order valence-corrected chi connectivity index (χ2v) is 6.47. The maximum Gasteiger partial charge on any atom is 0.0683 e. The average Bonchev–Trinajstić information content (AvgIpc) is 2.38. The molecule has 0 aromatic carbocycles. The van der Waals surface area contributed by atoms with E-state index in [4.69, 9.17) is 5.26 Å². The summed E-state index contributed by atoms with van der Waals surface area (Å²) in [4.78, 5) is 0. The Morgan fingerprint density at radius 3 is 2.61 bits per heavy atom. The number of rotatable bonds is 7. The van der Waals surface area contributed by atoms with E-state index in [1.165, 1.54) is 38.5 Å². The fraction of sp³-hybridized carbons (Fsp3) is 0.938. The molecular formula is C16H30N2. The quantitative estimate of drug-likeness (QED) is 0.685. The summed E-state index contributed by atoms with van der Waals surface area (Å²) in [5.74, 6) is 0.897. The van der Waals surface area contributed by atoms with Gasteiger partial charge in [-0.15, -0.1) is 0 Å². The third-order valence-corrected chi connectivity index (χ3v) is 4.37. The Labute approximate surface area is 113 Å². The van der Waals surface area contributed by atoms with E-state index < -0.39 is 0 Å². The Morgan fingerprint density at radius 1 is 1.22 bits per heavy atom. The van der Waals surface area contributed by atoms with E-state index in [0.29, 0.717) is 0 Å². The first-order chi connectivity index (χ1) is 8.59. The SMILES string of the molecule is CCC1CCCCC1NCCCCC(C)(C)C#N. The highest BCUT2D eigenvalue weighted by Gasteiger charge is 2.22. The van der Waals surface area contributed by atoms with Gasteiger partial charge in [0.15, 0.2) is 0 Å². The first-order valence-electron chi connectivity index (χ1n) is 7.73. The number of hydrogen-bond acceptors (Lipinski definition) is 2. The van der Waals surface area contributed by atoms with Gasteiger partial charge in [0.25, 0.3) is 0 Å². The molecule has 18 heavy (non-hydrogen) atoms. The van der Waals surface area contributed by atoms with Crippen molar-refractivity contribution in [1.29, 1.82) is 5.26 Å². The van der Waals surface area contributed by atoms with Crippen LogP contribution in [0.3, 0.4) is 0 Å². The van der Waals surface area contributed by atoms with Gasteiger partial charge in [-0.3, -0.25) is 0 Å². The van der Waals surface area contributed by atoms with Gasteiger partial charge >= 0.3 is 0 Å². The minimum absolute atomic E-state index is 0.142. The molecule has 0 aliphatic heterocycles. The van der Waals surface area contributed by atoms with Gasteiger partial charge < -0.3 is 5.32 Å². The number of nitrogens with zero attached hydrogens (tertiary/aromatic N) is 1. The van der Waals surface area contributed by atoms with Crippen molar-refractivity contribution >= 4 is 0 Å². The van der Waals surface area contributed by atoms with Crippen LogP contribution in [0.2, 0.25) is 0 Å². The van der Waals surface area contributed by atoms with E-state index in [2.05, 4.69) is 18.3 Å². The second kappa shape index (κ2) is 7.79. The van der Waals surface area contributed by atoms with Crippen LogP contribution in [-0.2, 0) is 0 Å². The summed E-state index contributed by atoms with van der Waals surface area (Å²) >= 11 is 0. The van der Waals surface area contributed by atoms with Crippen LogP contribution < -0.4 is 5.32 Å². The average molecular weight is 250 g/mol. The lowest BCUT2D eigenvalue weighted by molar-refractivity contribution is 0.254. The van der Waals surface area contributed by atoms with Gasteiger partial charge in [-0.05, 0) is 52.0 Å². The van der Waals surface area contributed by atoms with Gasteiger partial charge in [-0.1, -0.05) is 32.6 Å². The molecule has 0 bridgehead atoms. The van der Waals surface area contributed by atoms with Crippen LogP contribution in [0.4, 0.5) is 0 Å². The highest BCUT2D eigenvalue weighted by molar-refractivity contribution is 4.91. The van der Waals surface area contributed by atoms with Gasteiger partial charge in [0.2, 0.25) is 0 Å². The fourth-order valence-electron chi connectivity index (χ4n) is 3.00. The van der Waals surface area contributed by atoms with Gasteiger partial charge in [-0.2, -0.15) is 5.26 Å². The molecule has 0 spiro atoms. The van der Waals surface area contributed by atoms with Crippen molar-refractivity contribution in [1.82, 2.24) is 5.32 Å². The van der Waals surface area contributed by atoms with E-state index in [1.807, 2.05) is 13.8 Å². The predicted molar refractivity (Wildman–Crippen MR) is 77.3 cm³/mol. The fourth-order valence-corrected chi connectivity index (χ4v) is 3.00. The molecule has 2 unspecified atom stereocenters. The molecule has 1 aliphatic rings. The highest BCUT2D eigenvalue weighted by atomic mass is 14.9. The van der Waals surface area contributed by atoms with Crippen LogP contribution in [0.25, 0.3) is 0 Å². The lowest BCUT2D eigenvalue weighted by Gasteiger charge is -2.31. The molecule has 0 aromatic rings. The molecular weight excluding hydrogens is 220 g/mol. The second-order valence-electron chi connectivity index (χ2n) is 6.47. The molecule has 0 saturated heterocycles. The van der Waals surface area contributed by atoms with Crippen LogP contribution in [0.5, 0.6) is 0 Å². The zero-order chi connectivity index (χ0) is 13.4. The van der Waals surface area contributed by atoms with E-state index in [9.17, 15) is 0 Å². The topological polar surface area (TPSA) is 35.8 Å². The first-order valence-corrected chi connectivity index (χ1v) is 7.73. The Bertz CT molecular complexity index is 265. The van der Waals surface area contributed by atoms with Crippen LogP contribution >= 0.6 is 0 Å². The van der Waals surface area contributed by atoms with Crippen molar-refractivity contribution in [3.63, 3.8) is 0 Å². The van der Waals surface area contributed by atoms with Gasteiger partial charge in [-0.25, -0.2) is 0 Å². The minimum Gasteiger partial charge on any atom is -0.314 e. The van der Waals surface area contributed by atoms with E-state index in [-0.39, 0.29) is 5.41 Å². The zero-order valence-electron chi connectivity index (χ0n) is 12.5. The van der Waals surface area contributed by atoms with Crippen molar-refractivity contribution < 1.29 is 0 Å². The number of unbranched alkanes of at least 4 members (excludes halogenated alkanes) is 1. The predicted octanol–water partition coefficient (Wildman–Crippen LogP) is 4.26. The van der Waals surface area contributed by atoms with Crippen LogP contribution in [0.1, 0.15) is 72.1 Å².